The highest BCUT2D eigenvalue weighted by molar-refractivity contribution is 7.53. The minimum Gasteiger partial charge on any atom is -0.405 e. The predicted octanol–water partition coefficient (Wildman–Crippen LogP) is 3.10. The van der Waals surface area contributed by atoms with Crippen LogP contribution < -0.4 is 10.4 Å². The van der Waals surface area contributed by atoms with Crippen LogP contribution in [0.4, 0.5) is 0 Å². The molecular formula is C31H49O12PSi. The van der Waals surface area contributed by atoms with Crippen LogP contribution in [-0.4, -0.2) is 112 Å². The predicted molar refractivity (Wildman–Crippen MR) is 170 cm³/mol. The Kier molecular flexibility index (Phi) is 14.3. The normalized spacial score (nSPS) is 24.6. The number of benzene rings is 2. The van der Waals surface area contributed by atoms with Crippen LogP contribution in [0.2, 0.25) is 5.04 Å². The number of aliphatic hydroxyl groups is 1. The first-order valence-corrected chi connectivity index (χ1v) is 18.3. The van der Waals surface area contributed by atoms with Crippen LogP contribution >= 0.6 is 7.60 Å². The van der Waals surface area contributed by atoms with Gasteiger partial charge >= 0.3 is 7.60 Å². The lowest BCUT2D eigenvalue weighted by atomic mass is 9.93. The molecule has 3 rings (SSSR count). The topological polar surface area (TPSA) is 130 Å². The van der Waals surface area contributed by atoms with Gasteiger partial charge in [0.15, 0.2) is 0 Å². The van der Waals surface area contributed by atoms with Gasteiger partial charge in [-0.1, -0.05) is 81.4 Å². The third-order valence-corrected chi connectivity index (χ3v) is 14.7. The van der Waals surface area contributed by atoms with Crippen molar-refractivity contribution in [2.75, 3.05) is 68.7 Å². The van der Waals surface area contributed by atoms with Crippen LogP contribution in [-0.2, 0) is 51.2 Å². The van der Waals surface area contributed by atoms with Gasteiger partial charge in [-0.15, -0.1) is 0 Å². The summed E-state index contributed by atoms with van der Waals surface area (Å²) >= 11 is 0. The molecule has 0 bridgehead atoms. The molecule has 0 aliphatic carbocycles. The van der Waals surface area contributed by atoms with Crippen LogP contribution in [0.5, 0.6) is 0 Å². The van der Waals surface area contributed by atoms with Gasteiger partial charge in [0.1, 0.15) is 51.0 Å². The molecule has 0 aromatic heterocycles. The third-order valence-electron chi connectivity index (χ3n) is 7.77. The zero-order valence-electron chi connectivity index (χ0n) is 27.5. The first-order chi connectivity index (χ1) is 21.4. The SMILES string of the molecule is COCOC1C(OCOC)[C@](O)(CP(=O)(OC)OC)OC(CO[Si](c2ccccc2)(c2ccccc2)C(C)(C)C)[C@H]1OCOC. The van der Waals surface area contributed by atoms with Crippen LogP contribution in [0.15, 0.2) is 60.7 Å². The molecule has 1 heterocycles. The minimum atomic E-state index is -3.86. The maximum absolute atomic E-state index is 13.4. The lowest BCUT2D eigenvalue weighted by Crippen LogP contribution is -2.71. The molecule has 1 fully saturated rings. The third kappa shape index (κ3) is 8.88. The monoisotopic (exact) mass is 672 g/mol. The van der Waals surface area contributed by atoms with E-state index in [4.69, 9.17) is 46.6 Å². The summed E-state index contributed by atoms with van der Waals surface area (Å²) in [6.07, 6.45) is -4.76. The molecule has 1 saturated heterocycles. The summed E-state index contributed by atoms with van der Waals surface area (Å²) in [5, 5.41) is 13.9. The standard InChI is InChI=1S/C31H49O12PSi/c1-30(2,3)45(24-15-11-9-12-16-24,25-17-13-10-14-18-25)42-19-26-27(39-21-34-4)28(40-22-35-5)29(41-23-36-6)31(32,43-26)20-44(33,37-7)38-8/h9-18,26-29,32H,19-23H2,1-8H3/t26?,27-,28?,29?,31+/m1/s1. The lowest BCUT2D eigenvalue weighted by Gasteiger charge is -2.51. The maximum Gasteiger partial charge on any atom is 0.335 e. The molecule has 0 spiro atoms. The van der Waals surface area contributed by atoms with E-state index in [-0.39, 0.29) is 32.0 Å². The van der Waals surface area contributed by atoms with Gasteiger partial charge in [0.05, 0.1) is 6.61 Å². The zero-order valence-corrected chi connectivity index (χ0v) is 29.4. The van der Waals surface area contributed by atoms with Gasteiger partial charge in [-0.3, -0.25) is 4.57 Å². The van der Waals surface area contributed by atoms with Crippen molar-refractivity contribution >= 4 is 26.3 Å². The van der Waals surface area contributed by atoms with Crippen molar-refractivity contribution in [1.29, 1.82) is 0 Å². The molecule has 1 N–H and O–H groups in total. The number of rotatable bonds is 18. The van der Waals surface area contributed by atoms with Crippen molar-refractivity contribution in [3.63, 3.8) is 0 Å². The van der Waals surface area contributed by atoms with Gasteiger partial charge in [0.2, 0.25) is 5.79 Å². The summed E-state index contributed by atoms with van der Waals surface area (Å²) in [7, 11) is -0.0611. The van der Waals surface area contributed by atoms with Gasteiger partial charge < -0.3 is 51.7 Å². The summed E-state index contributed by atoms with van der Waals surface area (Å²) in [5.74, 6) is -2.26. The Morgan fingerprint density at radius 3 is 1.69 bits per heavy atom. The summed E-state index contributed by atoms with van der Waals surface area (Å²) in [6.45, 7) is 5.88. The maximum atomic E-state index is 13.4. The molecule has 14 heteroatoms. The van der Waals surface area contributed by atoms with E-state index in [1.165, 1.54) is 35.5 Å². The molecular weight excluding hydrogens is 623 g/mol. The van der Waals surface area contributed by atoms with Crippen molar-refractivity contribution in [2.45, 2.75) is 56.0 Å². The molecule has 0 amide bonds. The molecule has 1 aliphatic rings. The lowest BCUT2D eigenvalue weighted by molar-refractivity contribution is -0.372. The second-order valence-corrected chi connectivity index (χ2v) is 18.3. The largest absolute Gasteiger partial charge is 0.405 e. The summed E-state index contributed by atoms with van der Waals surface area (Å²) in [4.78, 5) is 0. The van der Waals surface area contributed by atoms with Crippen LogP contribution in [0.25, 0.3) is 0 Å². The number of methoxy groups -OCH3 is 3. The minimum absolute atomic E-state index is 0.0436. The summed E-state index contributed by atoms with van der Waals surface area (Å²) < 4.78 is 71.2. The van der Waals surface area contributed by atoms with E-state index in [1.54, 1.807) is 0 Å². The number of hydrogen-bond donors (Lipinski definition) is 1. The van der Waals surface area contributed by atoms with Crippen molar-refractivity contribution in [3.8, 4) is 0 Å². The van der Waals surface area contributed by atoms with Gasteiger partial charge in [-0.2, -0.15) is 0 Å². The fourth-order valence-corrected chi connectivity index (χ4v) is 11.6. The second-order valence-electron chi connectivity index (χ2n) is 11.7. The highest BCUT2D eigenvalue weighted by Crippen LogP contribution is 2.52. The summed E-state index contributed by atoms with van der Waals surface area (Å²) in [5.41, 5.74) is 0. The van der Waals surface area contributed by atoms with E-state index >= 15 is 0 Å². The molecule has 0 saturated carbocycles. The van der Waals surface area contributed by atoms with Gasteiger partial charge in [-0.05, 0) is 15.4 Å². The second kappa shape index (κ2) is 17.0. The van der Waals surface area contributed by atoms with Crippen LogP contribution in [0.1, 0.15) is 20.8 Å². The fraction of sp³-hybridized carbons (Fsp3) is 0.613. The van der Waals surface area contributed by atoms with Crippen molar-refractivity contribution in [3.05, 3.63) is 60.7 Å². The summed E-state index contributed by atoms with van der Waals surface area (Å²) in [6, 6.07) is 20.2. The Morgan fingerprint density at radius 2 is 1.24 bits per heavy atom. The Balaban J connectivity index is 2.16. The van der Waals surface area contributed by atoms with Crippen LogP contribution in [0, 0.1) is 0 Å². The number of hydrogen-bond acceptors (Lipinski definition) is 12. The number of ether oxygens (including phenoxy) is 7. The average molecular weight is 673 g/mol. The first-order valence-electron chi connectivity index (χ1n) is 14.6. The van der Waals surface area contributed by atoms with Gasteiger partial charge in [0.25, 0.3) is 8.32 Å². The van der Waals surface area contributed by atoms with Gasteiger partial charge in [-0.25, -0.2) is 0 Å². The molecule has 45 heavy (non-hydrogen) atoms. The molecule has 2 aromatic rings. The Bertz CT molecular complexity index is 1140. The van der Waals surface area contributed by atoms with Crippen LogP contribution in [0.3, 0.4) is 0 Å². The van der Waals surface area contributed by atoms with E-state index < -0.39 is 52.3 Å². The van der Waals surface area contributed by atoms with Gasteiger partial charge in [0, 0.05) is 35.5 Å². The molecule has 5 atom stereocenters. The molecule has 1 aliphatic heterocycles. The Labute approximate surface area is 267 Å². The van der Waals surface area contributed by atoms with Crippen molar-refractivity contribution < 1.29 is 56.3 Å². The van der Waals surface area contributed by atoms with Crippen molar-refractivity contribution in [2.24, 2.45) is 0 Å². The Morgan fingerprint density at radius 1 is 0.778 bits per heavy atom. The first kappa shape index (κ1) is 37.9. The Hall–Kier alpha value is -1.55. The molecule has 3 unspecified atom stereocenters. The molecule has 12 nitrogen and oxygen atoms in total. The smallest absolute Gasteiger partial charge is 0.335 e. The molecule has 2 aromatic carbocycles. The average Bonchev–Trinajstić information content (AvgIpc) is 3.03. The highest BCUT2D eigenvalue weighted by Gasteiger charge is 2.60. The molecule has 0 radical (unpaired) electrons. The molecule has 254 valence electrons. The van der Waals surface area contributed by atoms with E-state index in [0.717, 1.165) is 10.4 Å². The fourth-order valence-electron chi connectivity index (χ4n) is 5.79. The van der Waals surface area contributed by atoms with E-state index in [9.17, 15) is 9.67 Å². The highest BCUT2D eigenvalue weighted by atomic mass is 31.2. The van der Waals surface area contributed by atoms with E-state index in [1.807, 2.05) is 36.4 Å². The van der Waals surface area contributed by atoms with E-state index in [2.05, 4.69) is 45.0 Å². The zero-order chi connectivity index (χ0) is 33.1. The quantitative estimate of drug-likeness (QED) is 0.142. The van der Waals surface area contributed by atoms with Crippen molar-refractivity contribution in [1.82, 2.24) is 0 Å². The van der Waals surface area contributed by atoms with E-state index in [0.29, 0.717) is 0 Å².